The van der Waals surface area contributed by atoms with Gasteiger partial charge in [0.15, 0.2) is 0 Å². The van der Waals surface area contributed by atoms with Gasteiger partial charge in [-0.05, 0) is 81.6 Å². The summed E-state index contributed by atoms with van der Waals surface area (Å²) >= 11 is 0. The van der Waals surface area contributed by atoms with Crippen LogP contribution in [0.2, 0.25) is 0 Å². The smallest absolute Gasteiger partial charge is 0.291 e. The lowest BCUT2D eigenvalue weighted by Crippen LogP contribution is -2.56. The number of benzene rings is 1. The number of aryl methyl sites for hydroxylation is 1. The van der Waals surface area contributed by atoms with E-state index in [1.165, 1.54) is 43.2 Å². The van der Waals surface area contributed by atoms with Gasteiger partial charge in [0.2, 0.25) is 5.91 Å². The molecule has 3 aromatic rings. The lowest BCUT2D eigenvalue weighted by Gasteiger charge is -2.59. The minimum absolute atomic E-state index is 0.00485. The van der Waals surface area contributed by atoms with Crippen LogP contribution in [0.25, 0.3) is 21.8 Å². The summed E-state index contributed by atoms with van der Waals surface area (Å²) < 4.78 is 3.26. The van der Waals surface area contributed by atoms with Crippen LogP contribution in [0.1, 0.15) is 58.4 Å². The Morgan fingerprint density at radius 3 is 2.34 bits per heavy atom. The molecule has 32 heavy (non-hydrogen) atoms. The maximum absolute atomic E-state index is 13.6. The van der Waals surface area contributed by atoms with Gasteiger partial charge in [-0.25, -0.2) is 4.68 Å². The molecular weight excluding hydrogens is 400 g/mol. The van der Waals surface area contributed by atoms with E-state index < -0.39 is 6.04 Å². The second-order valence-electron chi connectivity index (χ2n) is 10.9. The fourth-order valence-electron chi connectivity index (χ4n) is 7.70. The maximum atomic E-state index is 13.6. The molecule has 6 nitrogen and oxygen atoms in total. The van der Waals surface area contributed by atoms with Crippen LogP contribution in [-0.2, 0) is 11.8 Å². The van der Waals surface area contributed by atoms with Gasteiger partial charge in [0, 0.05) is 23.9 Å². The summed E-state index contributed by atoms with van der Waals surface area (Å²) in [6.07, 6.45) is 9.71. The van der Waals surface area contributed by atoms with Crippen LogP contribution in [-0.4, -0.2) is 26.3 Å². The van der Waals surface area contributed by atoms with Crippen molar-refractivity contribution >= 4 is 27.7 Å². The number of aromatic nitrogens is 3. The number of carbonyl (C=O) groups is 1. The highest BCUT2D eigenvalue weighted by Gasteiger charge is 2.53. The summed E-state index contributed by atoms with van der Waals surface area (Å²) in [6, 6.07) is 7.58. The molecule has 0 radical (unpaired) electrons. The Bertz CT molecular complexity index is 1250. The first-order valence-electron chi connectivity index (χ1n) is 12.1. The molecule has 4 aliphatic carbocycles. The number of carbonyl (C=O) groups excluding carboxylic acids is 1. The van der Waals surface area contributed by atoms with E-state index in [4.69, 9.17) is 0 Å². The molecule has 2 aromatic heterocycles. The van der Waals surface area contributed by atoms with Gasteiger partial charge in [-0.2, -0.15) is 5.10 Å². The minimum Gasteiger partial charge on any atom is -0.351 e. The van der Waals surface area contributed by atoms with Crippen LogP contribution >= 0.6 is 0 Å². The predicted octanol–water partition coefficient (Wildman–Crippen LogP) is 4.17. The number of rotatable bonds is 4. The van der Waals surface area contributed by atoms with Gasteiger partial charge in [0.05, 0.1) is 11.7 Å². The lowest BCUT2D eigenvalue weighted by molar-refractivity contribution is -0.128. The van der Waals surface area contributed by atoms with E-state index in [1.807, 2.05) is 35.8 Å². The monoisotopic (exact) mass is 432 g/mol. The Labute approximate surface area is 188 Å². The standard InChI is InChI=1S/C26H32N4O2/c1-15(24(31)28-16(2)26-11-17-8-18(12-26)10-19(9-17)13-26)30-22-7-5-4-6-20(22)21-14-27-29(3)25(32)23(21)30/h4-7,14-19H,8-13H2,1-3H3,(H,28,31)/t15-,16+,17?,18?,19?,26?/m1/s1. The molecule has 7 rings (SSSR count). The van der Waals surface area contributed by atoms with E-state index in [0.717, 1.165) is 34.0 Å². The third-order valence-corrected chi connectivity index (χ3v) is 8.94. The third kappa shape index (κ3) is 2.81. The highest BCUT2D eigenvalue weighted by atomic mass is 16.2. The average Bonchev–Trinajstić information content (AvgIpc) is 3.10. The molecule has 4 saturated carbocycles. The lowest BCUT2D eigenvalue weighted by atomic mass is 9.48. The summed E-state index contributed by atoms with van der Waals surface area (Å²) in [7, 11) is 1.66. The largest absolute Gasteiger partial charge is 0.351 e. The molecule has 6 heteroatoms. The van der Waals surface area contributed by atoms with E-state index in [0.29, 0.717) is 5.52 Å². The zero-order valence-corrected chi connectivity index (χ0v) is 19.2. The van der Waals surface area contributed by atoms with Gasteiger partial charge in [0.1, 0.15) is 11.6 Å². The highest BCUT2D eigenvalue weighted by molar-refractivity contribution is 6.08. The van der Waals surface area contributed by atoms with E-state index in [9.17, 15) is 9.59 Å². The van der Waals surface area contributed by atoms with Crippen LogP contribution < -0.4 is 10.9 Å². The minimum atomic E-state index is -0.483. The van der Waals surface area contributed by atoms with Gasteiger partial charge >= 0.3 is 0 Å². The second-order valence-corrected chi connectivity index (χ2v) is 10.9. The van der Waals surface area contributed by atoms with Crippen LogP contribution in [0.4, 0.5) is 0 Å². The van der Waals surface area contributed by atoms with E-state index in [2.05, 4.69) is 17.3 Å². The molecule has 0 unspecified atom stereocenters. The molecule has 4 aliphatic rings. The molecule has 1 aromatic carbocycles. The van der Waals surface area contributed by atoms with E-state index in [-0.39, 0.29) is 22.9 Å². The van der Waals surface area contributed by atoms with Crippen molar-refractivity contribution in [3.63, 3.8) is 0 Å². The normalized spacial score (nSPS) is 30.7. The summed E-state index contributed by atoms with van der Waals surface area (Å²) in [5.41, 5.74) is 1.53. The average molecular weight is 433 g/mol. The first-order chi connectivity index (χ1) is 15.4. The molecule has 168 valence electrons. The molecule has 2 atom stereocenters. The molecule has 0 aliphatic heterocycles. The number of nitrogens with one attached hydrogen (secondary N) is 1. The number of para-hydroxylation sites is 1. The Kier molecular flexibility index (Phi) is 4.33. The Morgan fingerprint density at radius 1 is 1.06 bits per heavy atom. The number of nitrogens with zero attached hydrogens (tertiary/aromatic N) is 3. The molecular formula is C26H32N4O2. The molecule has 2 heterocycles. The first kappa shape index (κ1) is 20.0. The van der Waals surface area contributed by atoms with Gasteiger partial charge in [0.25, 0.3) is 5.56 Å². The summed E-state index contributed by atoms with van der Waals surface area (Å²) in [4.78, 5) is 26.6. The van der Waals surface area contributed by atoms with Crippen LogP contribution in [0, 0.1) is 23.2 Å². The van der Waals surface area contributed by atoms with Crippen LogP contribution in [0.3, 0.4) is 0 Å². The number of amides is 1. The number of hydrogen-bond acceptors (Lipinski definition) is 3. The molecule has 0 spiro atoms. The second kappa shape index (κ2) is 6.93. The molecule has 1 N–H and O–H groups in total. The van der Waals surface area contributed by atoms with Crippen molar-refractivity contribution in [2.24, 2.45) is 30.2 Å². The first-order valence-corrected chi connectivity index (χ1v) is 12.1. The number of fused-ring (bicyclic) bond motifs is 3. The van der Waals surface area contributed by atoms with Gasteiger partial charge in [-0.1, -0.05) is 18.2 Å². The molecule has 1 amide bonds. The van der Waals surface area contributed by atoms with Crippen molar-refractivity contribution in [1.29, 1.82) is 0 Å². The van der Waals surface area contributed by atoms with Gasteiger partial charge in [-0.15, -0.1) is 0 Å². The predicted molar refractivity (Wildman–Crippen MR) is 125 cm³/mol. The van der Waals surface area contributed by atoms with Crippen molar-refractivity contribution in [2.75, 3.05) is 0 Å². The van der Waals surface area contributed by atoms with E-state index >= 15 is 0 Å². The van der Waals surface area contributed by atoms with Crippen molar-refractivity contribution in [3.05, 3.63) is 40.8 Å². The highest BCUT2D eigenvalue weighted by Crippen LogP contribution is 2.61. The summed E-state index contributed by atoms with van der Waals surface area (Å²) in [5, 5.41) is 9.39. The van der Waals surface area contributed by atoms with Crippen molar-refractivity contribution < 1.29 is 4.79 Å². The van der Waals surface area contributed by atoms with Crippen LogP contribution in [0.5, 0.6) is 0 Å². The molecule has 4 bridgehead atoms. The van der Waals surface area contributed by atoms with Crippen molar-refractivity contribution in [2.45, 2.75) is 64.5 Å². The Balaban J connectivity index is 1.35. The zero-order chi connectivity index (χ0) is 22.2. The fourth-order valence-corrected chi connectivity index (χ4v) is 7.70. The Hall–Kier alpha value is -2.63. The number of hydrogen-bond donors (Lipinski definition) is 1. The molecule has 0 saturated heterocycles. The fraction of sp³-hybridized carbons (Fsp3) is 0.577. The van der Waals surface area contributed by atoms with Crippen molar-refractivity contribution in [1.82, 2.24) is 19.7 Å². The summed E-state index contributed by atoms with van der Waals surface area (Å²) in [5.74, 6) is 2.55. The Morgan fingerprint density at radius 2 is 1.69 bits per heavy atom. The summed E-state index contributed by atoms with van der Waals surface area (Å²) in [6.45, 7) is 4.13. The maximum Gasteiger partial charge on any atom is 0.291 e. The third-order valence-electron chi connectivity index (χ3n) is 8.94. The SMILES string of the molecule is C[C@H](C(=O)N[C@@H](C)C12CC3CC(CC(C3)C1)C2)n1c2ccccc2c2cnn(C)c(=O)c21. The van der Waals surface area contributed by atoms with Gasteiger partial charge in [-0.3, -0.25) is 9.59 Å². The van der Waals surface area contributed by atoms with Crippen LogP contribution in [0.15, 0.2) is 35.3 Å². The van der Waals surface area contributed by atoms with Crippen molar-refractivity contribution in [3.8, 4) is 0 Å². The topological polar surface area (TPSA) is 68.9 Å². The van der Waals surface area contributed by atoms with Gasteiger partial charge < -0.3 is 9.88 Å². The zero-order valence-electron chi connectivity index (χ0n) is 19.2. The quantitative estimate of drug-likeness (QED) is 0.673. The van der Waals surface area contributed by atoms with E-state index in [1.54, 1.807) is 13.2 Å². The molecule has 4 fully saturated rings.